The topological polar surface area (TPSA) is 17.8 Å². The standard InChI is InChI=1S/C9H12F2N2/c1-7-5-12-13(6-7)8-2-3-9(10,11)4-8/h5-6,8H,2-4H2,1H3. The Morgan fingerprint density at radius 1 is 1.62 bits per heavy atom. The number of halogens is 2. The van der Waals surface area contributed by atoms with Gasteiger partial charge in [-0.3, -0.25) is 4.68 Å². The van der Waals surface area contributed by atoms with Crippen LogP contribution in [0.1, 0.15) is 30.9 Å². The SMILES string of the molecule is Cc1cnn(C2CCC(F)(F)C2)c1. The lowest BCUT2D eigenvalue weighted by Gasteiger charge is -2.10. The summed E-state index contributed by atoms with van der Waals surface area (Å²) < 4.78 is 27.4. The first-order valence-corrected chi connectivity index (χ1v) is 4.45. The molecule has 72 valence electrons. The smallest absolute Gasteiger partial charge is 0.250 e. The number of nitrogens with zero attached hydrogens (tertiary/aromatic N) is 2. The third kappa shape index (κ3) is 1.71. The molecule has 1 aliphatic carbocycles. The van der Waals surface area contributed by atoms with E-state index >= 15 is 0 Å². The zero-order valence-corrected chi connectivity index (χ0v) is 7.50. The lowest BCUT2D eigenvalue weighted by Crippen LogP contribution is -2.12. The molecule has 1 saturated carbocycles. The van der Waals surface area contributed by atoms with E-state index < -0.39 is 5.92 Å². The molecule has 0 N–H and O–H groups in total. The molecule has 13 heavy (non-hydrogen) atoms. The van der Waals surface area contributed by atoms with Gasteiger partial charge in [0.1, 0.15) is 0 Å². The summed E-state index contributed by atoms with van der Waals surface area (Å²) in [5.74, 6) is -2.48. The molecule has 0 amide bonds. The molecule has 0 spiro atoms. The maximum atomic E-state index is 12.8. The molecule has 0 saturated heterocycles. The molecule has 1 atom stereocenters. The fraction of sp³-hybridized carbons (Fsp3) is 0.667. The first-order valence-electron chi connectivity index (χ1n) is 4.45. The van der Waals surface area contributed by atoms with Gasteiger partial charge in [-0.05, 0) is 18.9 Å². The van der Waals surface area contributed by atoms with E-state index in [0.717, 1.165) is 5.56 Å². The van der Waals surface area contributed by atoms with Gasteiger partial charge in [0.25, 0.3) is 0 Å². The van der Waals surface area contributed by atoms with E-state index in [0.29, 0.717) is 6.42 Å². The first-order chi connectivity index (χ1) is 6.07. The van der Waals surface area contributed by atoms with Crippen molar-refractivity contribution in [1.29, 1.82) is 0 Å². The van der Waals surface area contributed by atoms with Crippen molar-refractivity contribution in [3.63, 3.8) is 0 Å². The number of rotatable bonds is 1. The second kappa shape index (κ2) is 2.79. The van der Waals surface area contributed by atoms with Gasteiger partial charge in [-0.2, -0.15) is 5.10 Å². The Hall–Kier alpha value is -0.930. The predicted molar refractivity (Wildman–Crippen MR) is 44.8 cm³/mol. The van der Waals surface area contributed by atoms with Gasteiger partial charge in [-0.15, -0.1) is 0 Å². The van der Waals surface area contributed by atoms with Gasteiger partial charge >= 0.3 is 0 Å². The fourth-order valence-corrected chi connectivity index (χ4v) is 1.79. The van der Waals surface area contributed by atoms with E-state index in [-0.39, 0.29) is 18.9 Å². The van der Waals surface area contributed by atoms with E-state index in [9.17, 15) is 8.78 Å². The Labute approximate surface area is 75.6 Å². The van der Waals surface area contributed by atoms with Crippen molar-refractivity contribution in [2.45, 2.75) is 38.2 Å². The van der Waals surface area contributed by atoms with Crippen LogP contribution in [0.4, 0.5) is 8.78 Å². The Morgan fingerprint density at radius 2 is 2.38 bits per heavy atom. The molecule has 2 nitrogen and oxygen atoms in total. The normalized spacial score (nSPS) is 26.5. The second-order valence-electron chi connectivity index (χ2n) is 3.75. The Kier molecular flexibility index (Phi) is 1.86. The molecule has 1 fully saturated rings. The highest BCUT2D eigenvalue weighted by Gasteiger charge is 2.40. The van der Waals surface area contributed by atoms with Crippen LogP contribution in [0, 0.1) is 6.92 Å². The fourth-order valence-electron chi connectivity index (χ4n) is 1.79. The molecular formula is C9H12F2N2. The van der Waals surface area contributed by atoms with Crippen LogP contribution in [-0.2, 0) is 0 Å². The van der Waals surface area contributed by atoms with Gasteiger partial charge in [0.2, 0.25) is 5.92 Å². The second-order valence-corrected chi connectivity index (χ2v) is 3.75. The molecule has 1 aromatic rings. The van der Waals surface area contributed by atoms with Crippen molar-refractivity contribution in [1.82, 2.24) is 9.78 Å². The number of alkyl halides is 2. The highest BCUT2D eigenvalue weighted by molar-refractivity contribution is 5.01. The average Bonchev–Trinajstić information content (AvgIpc) is 2.56. The molecule has 0 radical (unpaired) electrons. The minimum absolute atomic E-state index is 0.00340. The minimum Gasteiger partial charge on any atom is -0.269 e. The molecular weight excluding hydrogens is 174 g/mol. The maximum absolute atomic E-state index is 12.8. The van der Waals surface area contributed by atoms with Crippen LogP contribution in [0.5, 0.6) is 0 Å². The zero-order valence-electron chi connectivity index (χ0n) is 7.50. The highest BCUT2D eigenvalue weighted by Crippen LogP contribution is 2.41. The summed E-state index contributed by atoms with van der Waals surface area (Å²) in [5, 5.41) is 4.05. The van der Waals surface area contributed by atoms with E-state index in [1.807, 2.05) is 13.1 Å². The van der Waals surface area contributed by atoms with Crippen LogP contribution in [0.3, 0.4) is 0 Å². The van der Waals surface area contributed by atoms with Crippen molar-refractivity contribution in [3.05, 3.63) is 18.0 Å². The molecule has 1 aromatic heterocycles. The zero-order chi connectivity index (χ0) is 9.47. The van der Waals surface area contributed by atoms with Crippen molar-refractivity contribution in [2.24, 2.45) is 0 Å². The molecule has 1 aliphatic rings. The maximum Gasteiger partial charge on any atom is 0.250 e. The van der Waals surface area contributed by atoms with E-state index in [1.54, 1.807) is 10.9 Å². The number of aromatic nitrogens is 2. The quantitative estimate of drug-likeness (QED) is 0.659. The summed E-state index contributed by atoms with van der Waals surface area (Å²) in [6.07, 6.45) is 4.00. The monoisotopic (exact) mass is 186 g/mol. The Balaban J connectivity index is 2.12. The molecule has 0 aromatic carbocycles. The number of aryl methyl sites for hydroxylation is 1. The summed E-state index contributed by atoms with van der Waals surface area (Å²) in [5.41, 5.74) is 1.02. The Bertz CT molecular complexity index is 306. The van der Waals surface area contributed by atoms with Gasteiger partial charge in [0.15, 0.2) is 0 Å². The molecule has 1 unspecified atom stereocenters. The van der Waals surface area contributed by atoms with Crippen LogP contribution in [0.15, 0.2) is 12.4 Å². The molecule has 0 bridgehead atoms. The van der Waals surface area contributed by atoms with Crippen LogP contribution in [0.25, 0.3) is 0 Å². The summed E-state index contributed by atoms with van der Waals surface area (Å²) in [4.78, 5) is 0. The van der Waals surface area contributed by atoms with E-state index in [2.05, 4.69) is 5.10 Å². The van der Waals surface area contributed by atoms with Gasteiger partial charge in [0, 0.05) is 19.0 Å². The third-order valence-electron chi connectivity index (χ3n) is 2.48. The van der Waals surface area contributed by atoms with Gasteiger partial charge in [0.05, 0.1) is 12.2 Å². The van der Waals surface area contributed by atoms with Crippen molar-refractivity contribution < 1.29 is 8.78 Å². The first kappa shape index (κ1) is 8.66. The molecule has 0 aliphatic heterocycles. The van der Waals surface area contributed by atoms with Gasteiger partial charge in [-0.1, -0.05) is 0 Å². The third-order valence-corrected chi connectivity index (χ3v) is 2.48. The van der Waals surface area contributed by atoms with Crippen LogP contribution in [0.2, 0.25) is 0 Å². The number of hydrogen-bond acceptors (Lipinski definition) is 1. The largest absolute Gasteiger partial charge is 0.269 e. The molecule has 2 rings (SSSR count). The van der Waals surface area contributed by atoms with Crippen LogP contribution >= 0.6 is 0 Å². The molecule has 4 heteroatoms. The average molecular weight is 186 g/mol. The highest BCUT2D eigenvalue weighted by atomic mass is 19.3. The molecule has 1 heterocycles. The van der Waals surface area contributed by atoms with Crippen molar-refractivity contribution in [2.75, 3.05) is 0 Å². The Morgan fingerprint density at radius 3 is 2.85 bits per heavy atom. The lowest BCUT2D eigenvalue weighted by atomic mass is 10.2. The predicted octanol–water partition coefficient (Wildman–Crippen LogP) is 2.55. The van der Waals surface area contributed by atoms with Crippen molar-refractivity contribution >= 4 is 0 Å². The summed E-state index contributed by atoms with van der Waals surface area (Å²) in [6.45, 7) is 1.91. The number of hydrogen-bond donors (Lipinski definition) is 0. The van der Waals surface area contributed by atoms with Crippen molar-refractivity contribution in [3.8, 4) is 0 Å². The van der Waals surface area contributed by atoms with Crippen LogP contribution in [-0.4, -0.2) is 15.7 Å². The summed E-state index contributed by atoms with van der Waals surface area (Å²) in [6, 6.07) is -0.108. The van der Waals surface area contributed by atoms with Crippen LogP contribution < -0.4 is 0 Å². The minimum atomic E-state index is -2.48. The van der Waals surface area contributed by atoms with E-state index in [1.165, 1.54) is 0 Å². The lowest BCUT2D eigenvalue weighted by molar-refractivity contribution is 0.00518. The summed E-state index contributed by atoms with van der Waals surface area (Å²) >= 11 is 0. The van der Waals surface area contributed by atoms with Gasteiger partial charge < -0.3 is 0 Å². The van der Waals surface area contributed by atoms with Gasteiger partial charge in [-0.25, -0.2) is 8.78 Å². The summed E-state index contributed by atoms with van der Waals surface area (Å²) in [7, 11) is 0. The van der Waals surface area contributed by atoms with E-state index in [4.69, 9.17) is 0 Å².